The Morgan fingerprint density at radius 3 is 2.32 bits per heavy atom. The number of hydrogen-bond donors (Lipinski definition) is 0. The van der Waals surface area contributed by atoms with Gasteiger partial charge in [-0.2, -0.15) is 13.2 Å². The average Bonchev–Trinajstić information content (AvgIpc) is 3.15. The van der Waals surface area contributed by atoms with Crippen molar-refractivity contribution in [1.82, 2.24) is 14.9 Å². The van der Waals surface area contributed by atoms with Crippen LogP contribution in [0.15, 0.2) is 42.6 Å². The van der Waals surface area contributed by atoms with E-state index in [1.807, 2.05) is 6.07 Å². The zero-order chi connectivity index (χ0) is 22.2. The van der Waals surface area contributed by atoms with E-state index in [2.05, 4.69) is 14.9 Å². The topological polar surface area (TPSA) is 49.3 Å². The first-order valence-electron chi connectivity index (χ1n) is 9.53. The Kier molecular flexibility index (Phi) is 5.90. The number of hydrogen-bond acceptors (Lipinski definition) is 5. The number of amides is 1. The summed E-state index contributed by atoms with van der Waals surface area (Å²) in [6, 6.07) is 8.45. The van der Waals surface area contributed by atoms with Gasteiger partial charge in [-0.15, -0.1) is 11.3 Å². The second-order valence-corrected chi connectivity index (χ2v) is 8.56. The monoisotopic (exact) mass is 466 g/mol. The third-order valence-corrected chi connectivity index (χ3v) is 6.47. The minimum atomic E-state index is -4.39. The van der Waals surface area contributed by atoms with Gasteiger partial charge in [0.05, 0.1) is 16.3 Å². The number of pyridine rings is 1. The lowest BCUT2D eigenvalue weighted by Crippen LogP contribution is -2.49. The summed E-state index contributed by atoms with van der Waals surface area (Å²) in [6.07, 6.45) is -2.79. The number of carbonyl (C=O) groups is 1. The molecular weight excluding hydrogens is 449 g/mol. The van der Waals surface area contributed by atoms with Gasteiger partial charge in [0.15, 0.2) is 0 Å². The predicted octanol–water partition coefficient (Wildman–Crippen LogP) is 5.15. The van der Waals surface area contributed by atoms with Gasteiger partial charge in [0, 0.05) is 37.9 Å². The lowest BCUT2D eigenvalue weighted by Gasteiger charge is -2.35. The summed E-state index contributed by atoms with van der Waals surface area (Å²) in [5.41, 5.74) is 0.416. The number of aromatic nitrogens is 2. The van der Waals surface area contributed by atoms with E-state index in [1.165, 1.54) is 23.5 Å². The van der Waals surface area contributed by atoms with Gasteiger partial charge in [-0.1, -0.05) is 23.7 Å². The van der Waals surface area contributed by atoms with Crippen molar-refractivity contribution < 1.29 is 18.0 Å². The van der Waals surface area contributed by atoms with E-state index in [0.717, 1.165) is 18.0 Å². The van der Waals surface area contributed by atoms with Crippen molar-refractivity contribution in [3.8, 4) is 10.6 Å². The molecule has 4 rings (SSSR count). The van der Waals surface area contributed by atoms with Crippen LogP contribution in [0.4, 0.5) is 19.0 Å². The molecule has 2 aromatic heterocycles. The second-order valence-electron chi connectivity index (χ2n) is 7.12. The number of rotatable bonds is 3. The molecule has 0 bridgehead atoms. The Balaban J connectivity index is 1.45. The fourth-order valence-electron chi connectivity index (χ4n) is 3.36. The van der Waals surface area contributed by atoms with Crippen LogP contribution in [0.5, 0.6) is 0 Å². The molecule has 1 aromatic carbocycles. The van der Waals surface area contributed by atoms with Crippen molar-refractivity contribution in [2.75, 3.05) is 31.1 Å². The average molecular weight is 467 g/mol. The van der Waals surface area contributed by atoms with Gasteiger partial charge >= 0.3 is 6.18 Å². The fraction of sp³-hybridized carbons (Fsp3) is 0.286. The van der Waals surface area contributed by atoms with Crippen LogP contribution >= 0.6 is 22.9 Å². The smallest absolute Gasteiger partial charge is 0.353 e. The number of thiazole rings is 1. The Hall–Kier alpha value is -2.65. The summed E-state index contributed by atoms with van der Waals surface area (Å²) in [5, 5.41) is 1.10. The Bertz CT molecular complexity index is 1080. The summed E-state index contributed by atoms with van der Waals surface area (Å²) in [7, 11) is 0. The summed E-state index contributed by atoms with van der Waals surface area (Å²) in [6.45, 7) is 4.10. The van der Waals surface area contributed by atoms with Crippen LogP contribution in [0.2, 0.25) is 5.02 Å². The van der Waals surface area contributed by atoms with Gasteiger partial charge in [-0.05, 0) is 31.2 Å². The molecule has 1 aliphatic rings. The minimum absolute atomic E-state index is 0.114. The third-order valence-electron chi connectivity index (χ3n) is 5.05. The van der Waals surface area contributed by atoms with Gasteiger partial charge in [-0.3, -0.25) is 4.79 Å². The molecule has 0 radical (unpaired) electrons. The lowest BCUT2D eigenvalue weighted by atomic mass is 10.1. The van der Waals surface area contributed by atoms with E-state index < -0.39 is 11.7 Å². The summed E-state index contributed by atoms with van der Waals surface area (Å²) in [5.74, 6) is 0.701. The molecule has 0 saturated carbocycles. The van der Waals surface area contributed by atoms with Crippen LogP contribution in [0.3, 0.4) is 0 Å². The number of piperazine rings is 1. The largest absolute Gasteiger partial charge is 0.416 e. The number of aryl methyl sites for hydroxylation is 1. The molecule has 0 N–H and O–H groups in total. The molecule has 1 aliphatic heterocycles. The van der Waals surface area contributed by atoms with E-state index in [4.69, 9.17) is 11.6 Å². The highest BCUT2D eigenvalue weighted by atomic mass is 35.5. The number of halogens is 4. The first-order valence-corrected chi connectivity index (χ1v) is 10.7. The zero-order valence-electron chi connectivity index (χ0n) is 16.5. The fourth-order valence-corrected chi connectivity index (χ4v) is 4.51. The number of benzene rings is 1. The van der Waals surface area contributed by atoms with E-state index >= 15 is 0 Å². The van der Waals surface area contributed by atoms with Crippen LogP contribution in [0, 0.1) is 6.92 Å². The maximum atomic E-state index is 13.0. The Morgan fingerprint density at radius 2 is 1.74 bits per heavy atom. The van der Waals surface area contributed by atoms with Gasteiger partial charge in [0.2, 0.25) is 0 Å². The van der Waals surface area contributed by atoms with Crippen molar-refractivity contribution in [1.29, 1.82) is 0 Å². The highest BCUT2D eigenvalue weighted by molar-refractivity contribution is 7.17. The Morgan fingerprint density at radius 1 is 1.06 bits per heavy atom. The van der Waals surface area contributed by atoms with E-state index in [-0.39, 0.29) is 5.91 Å². The lowest BCUT2D eigenvalue weighted by molar-refractivity contribution is -0.137. The van der Waals surface area contributed by atoms with Crippen molar-refractivity contribution in [3.05, 3.63) is 63.8 Å². The number of anilines is 1. The molecule has 10 heteroatoms. The van der Waals surface area contributed by atoms with E-state index in [1.54, 1.807) is 24.1 Å². The van der Waals surface area contributed by atoms with Crippen LogP contribution in [0.1, 0.15) is 20.9 Å². The maximum Gasteiger partial charge on any atom is 0.416 e. The molecule has 0 unspecified atom stereocenters. The molecule has 0 spiro atoms. The van der Waals surface area contributed by atoms with Crippen molar-refractivity contribution in [2.24, 2.45) is 0 Å². The van der Waals surface area contributed by atoms with Crippen molar-refractivity contribution in [2.45, 2.75) is 13.1 Å². The van der Waals surface area contributed by atoms with E-state index in [0.29, 0.717) is 52.3 Å². The van der Waals surface area contributed by atoms with Crippen molar-refractivity contribution >= 4 is 34.7 Å². The minimum Gasteiger partial charge on any atom is -0.353 e. The zero-order valence-corrected chi connectivity index (χ0v) is 18.1. The van der Waals surface area contributed by atoms with Crippen molar-refractivity contribution in [3.63, 3.8) is 0 Å². The molecule has 1 amide bonds. The highest BCUT2D eigenvalue weighted by Crippen LogP contribution is 2.33. The number of alkyl halides is 3. The molecule has 0 atom stereocenters. The number of carbonyl (C=O) groups excluding carboxylic acids is 1. The normalized spacial score (nSPS) is 14.7. The molecule has 31 heavy (non-hydrogen) atoms. The third kappa shape index (κ3) is 4.67. The van der Waals surface area contributed by atoms with Crippen LogP contribution in [-0.4, -0.2) is 47.0 Å². The first kappa shape index (κ1) is 21.6. The molecule has 1 saturated heterocycles. The van der Waals surface area contributed by atoms with Gasteiger partial charge in [0.25, 0.3) is 5.91 Å². The van der Waals surface area contributed by atoms with Crippen LogP contribution in [-0.2, 0) is 6.18 Å². The summed E-state index contributed by atoms with van der Waals surface area (Å²) >= 11 is 7.09. The SMILES string of the molecule is Cc1nc(-c2ccc(C(F)(F)F)cc2)sc1C(=O)N1CCN(c2ccc(Cl)cn2)CC1. The predicted molar refractivity (Wildman–Crippen MR) is 115 cm³/mol. The Labute approximate surface area is 186 Å². The van der Waals surface area contributed by atoms with Gasteiger partial charge < -0.3 is 9.80 Å². The van der Waals surface area contributed by atoms with Gasteiger partial charge in [0.1, 0.15) is 15.7 Å². The van der Waals surface area contributed by atoms with Crippen LogP contribution < -0.4 is 4.90 Å². The van der Waals surface area contributed by atoms with Crippen LogP contribution in [0.25, 0.3) is 10.6 Å². The molecule has 0 aliphatic carbocycles. The molecule has 5 nitrogen and oxygen atoms in total. The summed E-state index contributed by atoms with van der Waals surface area (Å²) in [4.78, 5) is 26.1. The molecule has 3 aromatic rings. The quantitative estimate of drug-likeness (QED) is 0.535. The first-order chi connectivity index (χ1) is 14.7. The highest BCUT2D eigenvalue weighted by Gasteiger charge is 2.30. The standard InChI is InChI=1S/C21H18ClF3N4OS/c1-13-18(31-19(27-13)14-2-4-15(5-3-14)21(23,24)25)20(30)29-10-8-28(9-11-29)17-7-6-16(22)12-26-17/h2-7,12H,8-11H2,1H3. The summed E-state index contributed by atoms with van der Waals surface area (Å²) < 4.78 is 38.3. The number of nitrogens with zero attached hydrogens (tertiary/aromatic N) is 4. The molecule has 162 valence electrons. The molecular formula is C21H18ClF3N4OS. The maximum absolute atomic E-state index is 13.0. The molecule has 1 fully saturated rings. The molecule has 3 heterocycles. The second kappa shape index (κ2) is 8.47. The van der Waals surface area contributed by atoms with Gasteiger partial charge in [-0.25, -0.2) is 9.97 Å². The van der Waals surface area contributed by atoms with E-state index in [9.17, 15) is 18.0 Å².